The number of hydrogen-bond acceptors (Lipinski definition) is 5. The molecule has 3 aromatic rings. The Bertz CT molecular complexity index is 1100. The standard InChI is InChI=1S/C28H31N5O2/c34-27(32-20-18-31(19-21-32)16-7-12-24-8-3-1-4-9-24)13-17-33(23-25-10-5-2-6-11-25)28(35)26-22-29-14-15-30-26/h1-12,14-15,22H,13,16-21,23H2. The van der Waals surface area contributed by atoms with Crippen molar-refractivity contribution in [2.24, 2.45) is 0 Å². The molecule has 1 saturated heterocycles. The summed E-state index contributed by atoms with van der Waals surface area (Å²) >= 11 is 0. The lowest BCUT2D eigenvalue weighted by atomic mass is 10.2. The van der Waals surface area contributed by atoms with Crippen molar-refractivity contribution < 1.29 is 9.59 Å². The predicted octanol–water partition coefficient (Wildman–Crippen LogP) is 3.37. The molecule has 4 rings (SSSR count). The molecule has 0 saturated carbocycles. The summed E-state index contributed by atoms with van der Waals surface area (Å²) in [5.41, 5.74) is 2.49. The molecule has 1 aliphatic rings. The van der Waals surface area contributed by atoms with E-state index in [0.717, 1.165) is 25.2 Å². The monoisotopic (exact) mass is 469 g/mol. The quantitative estimate of drug-likeness (QED) is 0.481. The zero-order valence-corrected chi connectivity index (χ0v) is 19.9. The zero-order valence-electron chi connectivity index (χ0n) is 19.9. The van der Waals surface area contributed by atoms with Crippen LogP contribution < -0.4 is 0 Å². The average Bonchev–Trinajstić information content (AvgIpc) is 2.92. The number of nitrogens with zero attached hydrogens (tertiary/aromatic N) is 5. The number of piperazine rings is 1. The molecule has 2 aromatic carbocycles. The van der Waals surface area contributed by atoms with Crippen LogP contribution in [0.5, 0.6) is 0 Å². The Morgan fingerprint density at radius 3 is 2.31 bits per heavy atom. The van der Waals surface area contributed by atoms with Crippen LogP contribution in [0.1, 0.15) is 28.0 Å². The smallest absolute Gasteiger partial charge is 0.274 e. The maximum absolute atomic E-state index is 13.1. The second-order valence-electron chi connectivity index (χ2n) is 8.55. The zero-order chi connectivity index (χ0) is 24.3. The van der Waals surface area contributed by atoms with Gasteiger partial charge in [0.05, 0.1) is 6.20 Å². The Morgan fingerprint density at radius 2 is 1.63 bits per heavy atom. The van der Waals surface area contributed by atoms with Crippen LogP contribution in [0.2, 0.25) is 0 Å². The Kier molecular flexibility index (Phi) is 8.73. The third-order valence-corrected chi connectivity index (χ3v) is 6.08. The predicted molar refractivity (Wildman–Crippen MR) is 136 cm³/mol. The molecular formula is C28H31N5O2. The van der Waals surface area contributed by atoms with Gasteiger partial charge in [0.1, 0.15) is 5.69 Å². The number of rotatable bonds is 9. The number of benzene rings is 2. The minimum Gasteiger partial charge on any atom is -0.340 e. The SMILES string of the molecule is O=C(CCN(Cc1ccccc1)C(=O)c1cnccn1)N1CCN(CC=Cc2ccccc2)CC1. The van der Waals surface area contributed by atoms with Gasteiger partial charge < -0.3 is 9.80 Å². The van der Waals surface area contributed by atoms with Gasteiger partial charge in [-0.25, -0.2) is 4.98 Å². The molecule has 1 aliphatic heterocycles. The van der Waals surface area contributed by atoms with Crippen LogP contribution in [0.4, 0.5) is 0 Å². The summed E-state index contributed by atoms with van der Waals surface area (Å²) in [7, 11) is 0. The molecular weight excluding hydrogens is 438 g/mol. The summed E-state index contributed by atoms with van der Waals surface area (Å²) in [6.45, 7) is 4.72. The van der Waals surface area contributed by atoms with E-state index in [4.69, 9.17) is 0 Å². The van der Waals surface area contributed by atoms with Crippen molar-refractivity contribution in [1.82, 2.24) is 24.7 Å². The summed E-state index contributed by atoms with van der Waals surface area (Å²) < 4.78 is 0. The summed E-state index contributed by atoms with van der Waals surface area (Å²) in [5, 5.41) is 0. The van der Waals surface area contributed by atoms with Crippen molar-refractivity contribution in [3.05, 3.63) is 102 Å². The molecule has 7 nitrogen and oxygen atoms in total. The number of hydrogen-bond donors (Lipinski definition) is 0. The summed E-state index contributed by atoms with van der Waals surface area (Å²) in [4.78, 5) is 40.1. The molecule has 1 fully saturated rings. The van der Waals surface area contributed by atoms with Gasteiger partial charge in [0.25, 0.3) is 5.91 Å². The Balaban J connectivity index is 1.28. The summed E-state index contributed by atoms with van der Waals surface area (Å²) in [6.07, 6.45) is 9.10. The molecule has 7 heteroatoms. The molecule has 0 radical (unpaired) electrons. The second-order valence-corrected chi connectivity index (χ2v) is 8.55. The second kappa shape index (κ2) is 12.6. The van der Waals surface area contributed by atoms with Gasteiger partial charge in [0.15, 0.2) is 0 Å². The minimum atomic E-state index is -0.218. The van der Waals surface area contributed by atoms with Gasteiger partial charge in [0.2, 0.25) is 5.91 Å². The molecule has 180 valence electrons. The molecule has 2 heterocycles. The lowest BCUT2D eigenvalue weighted by Crippen LogP contribution is -2.49. The first-order valence-electron chi connectivity index (χ1n) is 12.0. The Labute approximate surface area is 206 Å². The van der Waals surface area contributed by atoms with Crippen LogP contribution in [-0.2, 0) is 11.3 Å². The lowest BCUT2D eigenvalue weighted by molar-refractivity contribution is -0.133. The van der Waals surface area contributed by atoms with Crippen molar-refractivity contribution in [3.63, 3.8) is 0 Å². The van der Waals surface area contributed by atoms with E-state index in [0.29, 0.717) is 26.2 Å². The Morgan fingerprint density at radius 1 is 0.914 bits per heavy atom. The third-order valence-electron chi connectivity index (χ3n) is 6.08. The van der Waals surface area contributed by atoms with E-state index in [1.807, 2.05) is 53.4 Å². The number of amides is 2. The van der Waals surface area contributed by atoms with Crippen LogP contribution in [0.15, 0.2) is 85.3 Å². The van der Waals surface area contributed by atoms with Gasteiger partial charge in [-0.3, -0.25) is 19.5 Å². The molecule has 0 aliphatic carbocycles. The van der Waals surface area contributed by atoms with Crippen molar-refractivity contribution in [2.45, 2.75) is 13.0 Å². The van der Waals surface area contributed by atoms with Crippen LogP contribution in [0, 0.1) is 0 Å². The minimum absolute atomic E-state index is 0.0782. The lowest BCUT2D eigenvalue weighted by Gasteiger charge is -2.34. The first-order valence-corrected chi connectivity index (χ1v) is 12.0. The first kappa shape index (κ1) is 24.3. The number of carbonyl (C=O) groups is 2. The van der Waals surface area contributed by atoms with Gasteiger partial charge >= 0.3 is 0 Å². The van der Waals surface area contributed by atoms with Crippen molar-refractivity contribution in [3.8, 4) is 0 Å². The maximum atomic E-state index is 13.1. The average molecular weight is 470 g/mol. The maximum Gasteiger partial charge on any atom is 0.274 e. The molecule has 0 bridgehead atoms. The fourth-order valence-electron chi connectivity index (χ4n) is 4.10. The molecule has 2 amide bonds. The van der Waals surface area contributed by atoms with Gasteiger partial charge in [-0.05, 0) is 11.1 Å². The van der Waals surface area contributed by atoms with Crippen LogP contribution in [0.3, 0.4) is 0 Å². The fourth-order valence-corrected chi connectivity index (χ4v) is 4.10. The molecule has 0 unspecified atom stereocenters. The van der Waals surface area contributed by atoms with Crippen LogP contribution in [0.25, 0.3) is 6.08 Å². The molecule has 35 heavy (non-hydrogen) atoms. The number of carbonyl (C=O) groups excluding carboxylic acids is 2. The normalized spacial score (nSPS) is 14.2. The third kappa shape index (κ3) is 7.32. The van der Waals surface area contributed by atoms with Crippen LogP contribution >= 0.6 is 0 Å². The van der Waals surface area contributed by atoms with Gasteiger partial charge in [0, 0.05) is 64.6 Å². The molecule has 0 atom stereocenters. The summed E-state index contributed by atoms with van der Waals surface area (Å²) in [5.74, 6) is -0.140. The van der Waals surface area contributed by atoms with Crippen molar-refractivity contribution >= 4 is 17.9 Å². The highest BCUT2D eigenvalue weighted by molar-refractivity contribution is 5.92. The van der Waals surface area contributed by atoms with E-state index in [2.05, 4.69) is 39.2 Å². The van der Waals surface area contributed by atoms with Crippen molar-refractivity contribution in [2.75, 3.05) is 39.3 Å². The van der Waals surface area contributed by atoms with Gasteiger partial charge in [-0.15, -0.1) is 0 Å². The highest BCUT2D eigenvalue weighted by atomic mass is 16.2. The van der Waals surface area contributed by atoms with E-state index in [9.17, 15) is 9.59 Å². The van der Waals surface area contributed by atoms with E-state index in [1.54, 1.807) is 11.1 Å². The van der Waals surface area contributed by atoms with E-state index >= 15 is 0 Å². The molecule has 1 aromatic heterocycles. The highest BCUT2D eigenvalue weighted by Crippen LogP contribution is 2.11. The largest absolute Gasteiger partial charge is 0.340 e. The molecule has 0 spiro atoms. The van der Waals surface area contributed by atoms with E-state index in [-0.39, 0.29) is 23.9 Å². The van der Waals surface area contributed by atoms with Crippen molar-refractivity contribution in [1.29, 1.82) is 0 Å². The van der Waals surface area contributed by atoms with Crippen LogP contribution in [-0.4, -0.2) is 75.8 Å². The highest BCUT2D eigenvalue weighted by Gasteiger charge is 2.23. The Hall–Kier alpha value is -3.84. The summed E-state index contributed by atoms with van der Waals surface area (Å²) in [6, 6.07) is 20.0. The molecule has 0 N–H and O–H groups in total. The first-order chi connectivity index (χ1) is 17.2. The van der Waals surface area contributed by atoms with E-state index < -0.39 is 0 Å². The van der Waals surface area contributed by atoms with Gasteiger partial charge in [-0.1, -0.05) is 72.8 Å². The fraction of sp³-hybridized carbons (Fsp3) is 0.286. The number of aromatic nitrogens is 2. The van der Waals surface area contributed by atoms with E-state index in [1.165, 1.54) is 18.0 Å². The topological polar surface area (TPSA) is 69.6 Å². The van der Waals surface area contributed by atoms with Gasteiger partial charge in [-0.2, -0.15) is 0 Å².